The van der Waals surface area contributed by atoms with Crippen molar-refractivity contribution < 1.29 is 4.74 Å². The average molecular weight is 202 g/mol. The summed E-state index contributed by atoms with van der Waals surface area (Å²) in [5, 5.41) is 3.18. The van der Waals surface area contributed by atoms with Gasteiger partial charge in [-0.25, -0.2) is 10.8 Å². The third-order valence-corrected chi connectivity index (χ3v) is 2.07. The summed E-state index contributed by atoms with van der Waals surface area (Å²) in [6.45, 7) is 7.58. The third kappa shape index (κ3) is 5.77. The molecule has 4 N–H and O–H groups in total. The van der Waals surface area contributed by atoms with Gasteiger partial charge in [-0.1, -0.05) is 13.8 Å². The van der Waals surface area contributed by atoms with Gasteiger partial charge in [-0.05, 0) is 12.8 Å². The lowest BCUT2D eigenvalue weighted by molar-refractivity contribution is 0.207. The number of guanidine groups is 1. The number of nitrogens with two attached hydrogens (primary N) is 1. The molecular formula is C9H22N4O. The summed E-state index contributed by atoms with van der Waals surface area (Å²) in [6, 6.07) is 0.340. The average Bonchev–Trinajstić information content (AvgIpc) is 2.16. The maximum atomic E-state index is 5.32. The van der Waals surface area contributed by atoms with Crippen molar-refractivity contribution in [1.82, 2.24) is 10.7 Å². The molecule has 5 heteroatoms. The molecule has 0 aliphatic heterocycles. The zero-order valence-corrected chi connectivity index (χ0v) is 9.50. The van der Waals surface area contributed by atoms with Crippen molar-refractivity contribution in [2.24, 2.45) is 16.8 Å². The van der Waals surface area contributed by atoms with Gasteiger partial charge in [0, 0.05) is 13.2 Å². The highest BCUT2D eigenvalue weighted by atomic mass is 16.5. The Balaban J connectivity index is 3.94. The lowest BCUT2D eigenvalue weighted by Gasteiger charge is -2.19. The van der Waals surface area contributed by atoms with Crippen molar-refractivity contribution >= 4 is 5.96 Å². The Labute approximate surface area is 86.1 Å². The van der Waals surface area contributed by atoms with Crippen molar-refractivity contribution in [2.45, 2.75) is 26.8 Å². The number of rotatable bonds is 5. The Morgan fingerprint density at radius 1 is 1.43 bits per heavy atom. The van der Waals surface area contributed by atoms with Gasteiger partial charge in [0.1, 0.15) is 0 Å². The first-order valence-electron chi connectivity index (χ1n) is 4.88. The molecule has 1 atom stereocenters. The summed E-state index contributed by atoms with van der Waals surface area (Å²) in [5.74, 6) is 6.47. The van der Waals surface area contributed by atoms with Crippen molar-refractivity contribution in [3.63, 3.8) is 0 Å². The summed E-state index contributed by atoms with van der Waals surface area (Å²) >= 11 is 0. The monoisotopic (exact) mass is 202 g/mol. The second kappa shape index (κ2) is 7.58. The maximum Gasteiger partial charge on any atom is 0.206 e. The standard InChI is InChI=1S/C9H22N4O/c1-7(2)8(3)12-9(13-10)11-5-6-14-4/h7-8H,5-6,10H2,1-4H3,(H2,11,12,13). The summed E-state index contributed by atoms with van der Waals surface area (Å²) in [6.07, 6.45) is 0. The first-order valence-corrected chi connectivity index (χ1v) is 4.88. The number of methoxy groups -OCH3 is 1. The molecule has 0 aromatic heterocycles. The van der Waals surface area contributed by atoms with Crippen molar-refractivity contribution in [3.8, 4) is 0 Å². The Bertz CT molecular complexity index is 170. The van der Waals surface area contributed by atoms with Gasteiger partial charge in [-0.3, -0.25) is 5.43 Å². The largest absolute Gasteiger partial charge is 0.383 e. The topological polar surface area (TPSA) is 71.7 Å². The van der Waals surface area contributed by atoms with Gasteiger partial charge in [-0.15, -0.1) is 0 Å². The Morgan fingerprint density at radius 3 is 2.50 bits per heavy atom. The van der Waals surface area contributed by atoms with Crippen LogP contribution in [0.3, 0.4) is 0 Å². The Kier molecular flexibility index (Phi) is 7.14. The van der Waals surface area contributed by atoms with Gasteiger partial charge in [0.2, 0.25) is 5.96 Å². The SMILES string of the molecule is COCCN=C(NN)NC(C)C(C)C. The number of nitrogens with zero attached hydrogens (tertiary/aromatic N) is 1. The molecule has 5 nitrogen and oxygen atoms in total. The number of hydrogen-bond acceptors (Lipinski definition) is 3. The fourth-order valence-electron chi connectivity index (χ4n) is 0.764. The highest BCUT2D eigenvalue weighted by Gasteiger charge is 2.07. The van der Waals surface area contributed by atoms with Gasteiger partial charge in [-0.2, -0.15) is 0 Å². The fraction of sp³-hybridized carbons (Fsp3) is 0.889. The molecule has 0 radical (unpaired) electrons. The third-order valence-electron chi connectivity index (χ3n) is 2.07. The first kappa shape index (κ1) is 13.2. The highest BCUT2D eigenvalue weighted by Crippen LogP contribution is 1.98. The zero-order valence-electron chi connectivity index (χ0n) is 9.50. The van der Waals surface area contributed by atoms with Gasteiger partial charge in [0.05, 0.1) is 13.2 Å². The van der Waals surface area contributed by atoms with Gasteiger partial charge in [0.15, 0.2) is 0 Å². The number of aliphatic imine (C=N–C) groups is 1. The van der Waals surface area contributed by atoms with E-state index in [0.29, 0.717) is 31.1 Å². The van der Waals surface area contributed by atoms with E-state index >= 15 is 0 Å². The van der Waals surface area contributed by atoms with Crippen LogP contribution in [-0.4, -0.2) is 32.3 Å². The molecule has 0 aliphatic carbocycles. The summed E-state index contributed by atoms with van der Waals surface area (Å²) in [5.41, 5.74) is 2.53. The molecule has 0 aliphatic rings. The molecule has 0 aromatic rings. The number of ether oxygens (including phenoxy) is 1. The zero-order chi connectivity index (χ0) is 11.0. The van der Waals surface area contributed by atoms with Crippen LogP contribution in [0.15, 0.2) is 4.99 Å². The molecule has 0 aromatic carbocycles. The molecule has 0 fully saturated rings. The lowest BCUT2D eigenvalue weighted by Crippen LogP contribution is -2.47. The van der Waals surface area contributed by atoms with Crippen molar-refractivity contribution in [3.05, 3.63) is 0 Å². The second-order valence-electron chi connectivity index (χ2n) is 3.54. The minimum atomic E-state index is 0.340. The predicted molar refractivity (Wildman–Crippen MR) is 58.9 cm³/mol. The van der Waals surface area contributed by atoms with Gasteiger partial charge < -0.3 is 10.1 Å². The van der Waals surface area contributed by atoms with E-state index in [9.17, 15) is 0 Å². The van der Waals surface area contributed by atoms with E-state index in [4.69, 9.17) is 10.6 Å². The molecule has 14 heavy (non-hydrogen) atoms. The van der Waals surface area contributed by atoms with Crippen LogP contribution in [0.2, 0.25) is 0 Å². The van der Waals surface area contributed by atoms with Crippen LogP contribution in [0.25, 0.3) is 0 Å². The number of hydrazine groups is 1. The lowest BCUT2D eigenvalue weighted by atomic mass is 10.1. The van der Waals surface area contributed by atoms with E-state index in [2.05, 4.69) is 36.5 Å². The smallest absolute Gasteiger partial charge is 0.206 e. The van der Waals surface area contributed by atoms with E-state index in [1.165, 1.54) is 0 Å². The van der Waals surface area contributed by atoms with Crippen LogP contribution in [0.4, 0.5) is 0 Å². The fourth-order valence-corrected chi connectivity index (χ4v) is 0.764. The number of hydrogen-bond donors (Lipinski definition) is 3. The summed E-state index contributed by atoms with van der Waals surface area (Å²) < 4.78 is 4.89. The quantitative estimate of drug-likeness (QED) is 0.194. The van der Waals surface area contributed by atoms with Crippen LogP contribution in [0.1, 0.15) is 20.8 Å². The normalized spacial score (nSPS) is 14.3. The Morgan fingerprint density at radius 2 is 2.07 bits per heavy atom. The first-order chi connectivity index (χ1) is 6.61. The van der Waals surface area contributed by atoms with Crippen LogP contribution in [0, 0.1) is 5.92 Å². The van der Waals surface area contributed by atoms with Crippen LogP contribution < -0.4 is 16.6 Å². The van der Waals surface area contributed by atoms with Gasteiger partial charge in [0.25, 0.3) is 0 Å². The van der Waals surface area contributed by atoms with Crippen molar-refractivity contribution in [2.75, 3.05) is 20.3 Å². The molecule has 0 bridgehead atoms. The summed E-state index contributed by atoms with van der Waals surface area (Å²) in [7, 11) is 1.65. The Hall–Kier alpha value is -0.810. The molecule has 84 valence electrons. The van der Waals surface area contributed by atoms with E-state index in [0.717, 1.165) is 0 Å². The van der Waals surface area contributed by atoms with Crippen LogP contribution in [-0.2, 0) is 4.74 Å². The molecular weight excluding hydrogens is 180 g/mol. The molecule has 1 unspecified atom stereocenters. The van der Waals surface area contributed by atoms with Crippen LogP contribution >= 0.6 is 0 Å². The number of nitrogens with one attached hydrogen (secondary N) is 2. The van der Waals surface area contributed by atoms with Crippen LogP contribution in [0.5, 0.6) is 0 Å². The molecule has 0 heterocycles. The van der Waals surface area contributed by atoms with Gasteiger partial charge >= 0.3 is 0 Å². The highest BCUT2D eigenvalue weighted by molar-refractivity contribution is 5.79. The molecule has 0 rings (SSSR count). The molecule has 0 spiro atoms. The predicted octanol–water partition coefficient (Wildman–Crippen LogP) is 0.0862. The second-order valence-corrected chi connectivity index (χ2v) is 3.54. The van der Waals surface area contributed by atoms with E-state index in [1.54, 1.807) is 7.11 Å². The summed E-state index contributed by atoms with van der Waals surface area (Å²) in [4.78, 5) is 4.20. The maximum absolute atomic E-state index is 5.32. The minimum absolute atomic E-state index is 0.340. The van der Waals surface area contributed by atoms with E-state index in [1.807, 2.05) is 0 Å². The molecule has 0 amide bonds. The van der Waals surface area contributed by atoms with E-state index < -0.39 is 0 Å². The molecule has 0 saturated carbocycles. The van der Waals surface area contributed by atoms with E-state index in [-0.39, 0.29) is 0 Å². The minimum Gasteiger partial charge on any atom is -0.383 e. The molecule has 0 saturated heterocycles. The van der Waals surface area contributed by atoms with Crippen molar-refractivity contribution in [1.29, 1.82) is 0 Å².